The Morgan fingerprint density at radius 2 is 1.65 bits per heavy atom. The number of hydrogen-bond donors (Lipinski definition) is 1. The van der Waals surface area contributed by atoms with Crippen LogP contribution in [0.15, 0.2) is 65.0 Å². The lowest BCUT2D eigenvalue weighted by Crippen LogP contribution is -2.37. The van der Waals surface area contributed by atoms with Crippen molar-refractivity contribution in [2.45, 2.75) is 40.2 Å². The maximum Gasteiger partial charge on any atom is 0.336 e. The van der Waals surface area contributed by atoms with Crippen molar-refractivity contribution >= 4 is 17.6 Å². The molecule has 1 atom stereocenters. The number of hydrogen-bond acceptors (Lipinski definition) is 8. The first kappa shape index (κ1) is 30.4. The molecule has 0 saturated heterocycles. The Hall–Kier alpha value is -4.12. The van der Waals surface area contributed by atoms with Crippen molar-refractivity contribution in [1.29, 1.82) is 0 Å². The first-order valence-corrected chi connectivity index (χ1v) is 12.5. The summed E-state index contributed by atoms with van der Waals surface area (Å²) in [5.41, 5.74) is 0.303. The molecule has 2 aromatic carbocycles. The van der Waals surface area contributed by atoms with Crippen molar-refractivity contribution in [3.05, 3.63) is 97.9 Å². The molecule has 0 spiro atoms. The van der Waals surface area contributed by atoms with E-state index in [2.05, 4.69) is 5.32 Å². The van der Waals surface area contributed by atoms with E-state index >= 15 is 4.39 Å². The topological polar surface area (TPSA) is 111 Å². The van der Waals surface area contributed by atoms with E-state index in [4.69, 9.17) is 9.47 Å². The summed E-state index contributed by atoms with van der Waals surface area (Å²) in [6.45, 7) is 8.01. The van der Waals surface area contributed by atoms with Gasteiger partial charge in [0.05, 0.1) is 35.7 Å². The maximum absolute atomic E-state index is 15.2. The predicted octanol–water partition coefficient (Wildman–Crippen LogP) is 4.98. The molecular formula is C29H33F2N3O6. The molecule has 1 aliphatic heterocycles. The van der Waals surface area contributed by atoms with E-state index in [0.29, 0.717) is 24.5 Å². The van der Waals surface area contributed by atoms with Crippen molar-refractivity contribution in [1.82, 2.24) is 10.2 Å². The molecule has 0 aliphatic carbocycles. The van der Waals surface area contributed by atoms with Crippen molar-refractivity contribution in [2.75, 3.05) is 27.3 Å². The second-order valence-corrected chi connectivity index (χ2v) is 10.6. The summed E-state index contributed by atoms with van der Waals surface area (Å²) in [6.07, 6.45) is 0. The van der Waals surface area contributed by atoms with E-state index in [1.54, 1.807) is 26.0 Å². The van der Waals surface area contributed by atoms with Crippen LogP contribution in [-0.2, 0) is 25.6 Å². The van der Waals surface area contributed by atoms with E-state index in [-0.39, 0.29) is 29.1 Å². The van der Waals surface area contributed by atoms with E-state index < -0.39 is 39.7 Å². The molecule has 0 radical (unpaired) electrons. The quantitative estimate of drug-likeness (QED) is 0.247. The molecule has 0 aromatic heterocycles. The van der Waals surface area contributed by atoms with E-state index in [9.17, 15) is 24.1 Å². The van der Waals surface area contributed by atoms with Crippen LogP contribution in [0.3, 0.4) is 0 Å². The van der Waals surface area contributed by atoms with Gasteiger partial charge in [-0.15, -0.1) is 0 Å². The van der Waals surface area contributed by atoms with Gasteiger partial charge in [-0.3, -0.25) is 10.1 Å². The fourth-order valence-electron chi connectivity index (χ4n) is 4.89. The number of nitro groups is 1. The van der Waals surface area contributed by atoms with Crippen LogP contribution in [0.5, 0.6) is 0 Å². The zero-order valence-corrected chi connectivity index (χ0v) is 23.3. The number of benzene rings is 2. The smallest absolute Gasteiger partial charge is 0.336 e. The van der Waals surface area contributed by atoms with Gasteiger partial charge in [0.2, 0.25) is 0 Å². The van der Waals surface area contributed by atoms with Crippen LogP contribution in [0.1, 0.15) is 44.7 Å². The number of nitro benzene ring substituents is 1. The standard InChI is InChI=1S/C29H33F2N3O6/c1-17-24(27(35)39-6)26(22-13-21(34(37)38)11-12-23(22)31)25(18(2)32-17)28(36)40-16-29(3,4)15-33(5)14-19-7-9-20(30)10-8-19/h7-13,26,32H,14-16H2,1-6H3. The fourth-order valence-corrected chi connectivity index (χ4v) is 4.89. The minimum atomic E-state index is -1.30. The highest BCUT2D eigenvalue weighted by Crippen LogP contribution is 2.41. The molecule has 0 saturated carbocycles. The summed E-state index contributed by atoms with van der Waals surface area (Å²) in [5.74, 6) is -4.06. The van der Waals surface area contributed by atoms with Gasteiger partial charge < -0.3 is 19.7 Å². The summed E-state index contributed by atoms with van der Waals surface area (Å²) >= 11 is 0. The van der Waals surface area contributed by atoms with Crippen molar-refractivity contribution in [2.24, 2.45) is 5.41 Å². The predicted molar refractivity (Wildman–Crippen MR) is 144 cm³/mol. The summed E-state index contributed by atoms with van der Waals surface area (Å²) in [6, 6.07) is 9.13. The molecule has 214 valence electrons. The second kappa shape index (κ2) is 12.4. The van der Waals surface area contributed by atoms with Gasteiger partial charge in [0.25, 0.3) is 5.69 Å². The van der Waals surface area contributed by atoms with Crippen LogP contribution in [0, 0.1) is 27.2 Å². The number of allylic oxidation sites excluding steroid dienone is 2. The van der Waals surface area contributed by atoms with Gasteiger partial charge in [-0.2, -0.15) is 0 Å². The van der Waals surface area contributed by atoms with E-state index in [0.717, 1.165) is 30.9 Å². The van der Waals surface area contributed by atoms with Gasteiger partial charge in [0.15, 0.2) is 0 Å². The summed E-state index contributed by atoms with van der Waals surface area (Å²) in [4.78, 5) is 39.1. The minimum absolute atomic E-state index is 0.0171. The normalized spacial score (nSPS) is 15.7. The number of carbonyl (C=O) groups is 2. The van der Waals surface area contributed by atoms with Gasteiger partial charge >= 0.3 is 11.9 Å². The molecule has 40 heavy (non-hydrogen) atoms. The van der Waals surface area contributed by atoms with Crippen LogP contribution in [0.25, 0.3) is 0 Å². The van der Waals surface area contributed by atoms with E-state index in [1.807, 2.05) is 25.8 Å². The third-order valence-electron chi connectivity index (χ3n) is 6.54. The molecule has 1 heterocycles. The largest absolute Gasteiger partial charge is 0.466 e. The first-order chi connectivity index (χ1) is 18.7. The summed E-state index contributed by atoms with van der Waals surface area (Å²) in [7, 11) is 3.04. The molecule has 1 aliphatic rings. The van der Waals surface area contributed by atoms with Crippen molar-refractivity contribution in [3.63, 3.8) is 0 Å². The van der Waals surface area contributed by atoms with Gasteiger partial charge in [-0.1, -0.05) is 26.0 Å². The number of esters is 2. The van der Waals surface area contributed by atoms with Gasteiger partial charge in [-0.05, 0) is 44.7 Å². The van der Waals surface area contributed by atoms with Crippen LogP contribution in [0.2, 0.25) is 0 Å². The number of carbonyl (C=O) groups excluding carboxylic acids is 2. The maximum atomic E-state index is 15.2. The number of dihydropyridines is 1. The molecule has 11 heteroatoms. The highest BCUT2D eigenvalue weighted by molar-refractivity contribution is 6.00. The monoisotopic (exact) mass is 557 g/mol. The fraction of sp³-hybridized carbons (Fsp3) is 0.379. The van der Waals surface area contributed by atoms with E-state index in [1.165, 1.54) is 12.1 Å². The lowest BCUT2D eigenvalue weighted by Gasteiger charge is -2.32. The van der Waals surface area contributed by atoms with Gasteiger partial charge in [0.1, 0.15) is 11.6 Å². The summed E-state index contributed by atoms with van der Waals surface area (Å²) < 4.78 is 39.0. The molecule has 3 rings (SSSR count). The summed E-state index contributed by atoms with van der Waals surface area (Å²) in [5, 5.41) is 14.4. The van der Waals surface area contributed by atoms with Gasteiger partial charge in [0, 0.05) is 47.6 Å². The second-order valence-electron chi connectivity index (χ2n) is 10.6. The van der Waals surface area contributed by atoms with Crippen LogP contribution < -0.4 is 5.32 Å². The van der Waals surface area contributed by atoms with Crippen molar-refractivity contribution < 1.29 is 32.8 Å². The number of halogens is 2. The zero-order chi connectivity index (χ0) is 29.8. The first-order valence-electron chi connectivity index (χ1n) is 12.5. The molecule has 0 bridgehead atoms. The van der Waals surface area contributed by atoms with Gasteiger partial charge in [-0.25, -0.2) is 18.4 Å². The number of ether oxygens (including phenoxy) is 2. The lowest BCUT2D eigenvalue weighted by molar-refractivity contribution is -0.385. The lowest BCUT2D eigenvalue weighted by atomic mass is 9.80. The Balaban J connectivity index is 1.87. The Bertz CT molecular complexity index is 1370. The Labute approximate surface area is 231 Å². The Morgan fingerprint density at radius 3 is 2.23 bits per heavy atom. The molecule has 1 N–H and O–H groups in total. The van der Waals surface area contributed by atoms with Crippen LogP contribution >= 0.6 is 0 Å². The molecule has 9 nitrogen and oxygen atoms in total. The molecule has 0 amide bonds. The Morgan fingerprint density at radius 1 is 1.05 bits per heavy atom. The minimum Gasteiger partial charge on any atom is -0.466 e. The van der Waals surface area contributed by atoms with Crippen molar-refractivity contribution in [3.8, 4) is 0 Å². The highest BCUT2D eigenvalue weighted by Gasteiger charge is 2.40. The van der Waals surface area contributed by atoms with Crippen LogP contribution in [0.4, 0.5) is 14.5 Å². The average molecular weight is 558 g/mol. The SMILES string of the molecule is COC(=O)C1=C(C)NC(C)=C(C(=O)OCC(C)(C)CN(C)Cc2ccc(F)cc2)C1c1cc([N+](=O)[O-])ccc1F. The van der Waals surface area contributed by atoms with Crippen LogP contribution in [-0.4, -0.2) is 49.1 Å². The third kappa shape index (κ3) is 7.09. The third-order valence-corrected chi connectivity index (χ3v) is 6.54. The zero-order valence-electron chi connectivity index (χ0n) is 23.3. The number of methoxy groups -OCH3 is 1. The molecule has 0 fully saturated rings. The number of nitrogens with zero attached hydrogens (tertiary/aromatic N) is 2. The average Bonchev–Trinajstić information content (AvgIpc) is 2.87. The molecule has 2 aromatic rings. The molecule has 1 unspecified atom stereocenters. The number of nitrogens with one attached hydrogen (secondary N) is 1. The Kier molecular flexibility index (Phi) is 9.41. The highest BCUT2D eigenvalue weighted by atomic mass is 19.1. The number of non-ortho nitro benzene ring substituents is 1. The molecular weight excluding hydrogens is 524 g/mol. The number of rotatable bonds is 10.